The number of ketones is 1. The summed E-state index contributed by atoms with van der Waals surface area (Å²) in [7, 11) is 0. The van der Waals surface area contributed by atoms with E-state index in [1.165, 1.54) is 0 Å². The minimum atomic E-state index is -0.449. The van der Waals surface area contributed by atoms with Crippen LogP contribution < -0.4 is 0 Å². The lowest BCUT2D eigenvalue weighted by Gasteiger charge is -2.26. The summed E-state index contributed by atoms with van der Waals surface area (Å²) in [5, 5.41) is 0. The Morgan fingerprint density at radius 1 is 1.14 bits per heavy atom. The molecule has 0 bridgehead atoms. The predicted molar refractivity (Wildman–Crippen MR) is 58.1 cm³/mol. The van der Waals surface area contributed by atoms with Crippen LogP contribution in [0, 0.1) is 16.7 Å². The number of hydrogen-bond acceptors (Lipinski definition) is 2. The molecule has 0 heterocycles. The maximum absolute atomic E-state index is 11.8. The Hall–Kier alpha value is -0.660. The van der Waals surface area contributed by atoms with E-state index >= 15 is 0 Å². The zero-order valence-electron chi connectivity index (χ0n) is 10.2. The van der Waals surface area contributed by atoms with E-state index in [1.807, 2.05) is 41.5 Å². The van der Waals surface area contributed by atoms with Crippen molar-refractivity contribution in [2.24, 2.45) is 16.7 Å². The number of rotatable bonds is 3. The molecule has 0 N–H and O–H groups in total. The SMILES string of the molecule is CC(C)(C)CC(C=O)C(=O)C(C)(C)C. The van der Waals surface area contributed by atoms with Crippen molar-refractivity contribution in [1.82, 2.24) is 0 Å². The quantitative estimate of drug-likeness (QED) is 0.516. The molecular weight excluding hydrogens is 176 g/mol. The van der Waals surface area contributed by atoms with Crippen LogP contribution in [0.3, 0.4) is 0 Å². The van der Waals surface area contributed by atoms with Gasteiger partial charge in [0.05, 0.1) is 5.92 Å². The van der Waals surface area contributed by atoms with Crippen molar-refractivity contribution in [3.63, 3.8) is 0 Å². The van der Waals surface area contributed by atoms with E-state index in [4.69, 9.17) is 0 Å². The van der Waals surface area contributed by atoms with Crippen molar-refractivity contribution >= 4 is 12.1 Å². The molecule has 2 heteroatoms. The molecule has 2 nitrogen and oxygen atoms in total. The Balaban J connectivity index is 4.60. The molecule has 0 fully saturated rings. The largest absolute Gasteiger partial charge is 0.303 e. The second-order valence-corrected chi connectivity index (χ2v) is 6.12. The van der Waals surface area contributed by atoms with E-state index in [0.29, 0.717) is 6.42 Å². The minimum absolute atomic E-state index is 0.0203. The van der Waals surface area contributed by atoms with Crippen molar-refractivity contribution in [2.75, 3.05) is 0 Å². The molecule has 0 aliphatic carbocycles. The highest BCUT2D eigenvalue weighted by molar-refractivity contribution is 5.96. The van der Waals surface area contributed by atoms with Crippen molar-refractivity contribution < 1.29 is 9.59 Å². The van der Waals surface area contributed by atoms with E-state index in [9.17, 15) is 9.59 Å². The smallest absolute Gasteiger partial charge is 0.148 e. The summed E-state index contributed by atoms with van der Waals surface area (Å²) < 4.78 is 0. The molecule has 0 aliphatic heterocycles. The van der Waals surface area contributed by atoms with E-state index in [-0.39, 0.29) is 11.2 Å². The van der Waals surface area contributed by atoms with Crippen LogP contribution in [-0.4, -0.2) is 12.1 Å². The standard InChI is InChI=1S/C12H22O2/c1-11(2,3)7-9(8-13)10(14)12(4,5)6/h8-9H,7H2,1-6H3. The first-order chi connectivity index (χ1) is 6.08. The summed E-state index contributed by atoms with van der Waals surface area (Å²) in [6.07, 6.45) is 1.42. The highest BCUT2D eigenvalue weighted by Gasteiger charge is 2.31. The van der Waals surface area contributed by atoms with Gasteiger partial charge in [-0.05, 0) is 11.8 Å². The van der Waals surface area contributed by atoms with Crippen LogP contribution in [0.15, 0.2) is 0 Å². The summed E-state index contributed by atoms with van der Waals surface area (Å²) >= 11 is 0. The minimum Gasteiger partial charge on any atom is -0.303 e. The van der Waals surface area contributed by atoms with Gasteiger partial charge in [0.1, 0.15) is 12.1 Å². The zero-order chi connectivity index (χ0) is 11.6. The number of carbonyl (C=O) groups excluding carboxylic acids is 2. The monoisotopic (exact) mass is 198 g/mol. The van der Waals surface area contributed by atoms with Gasteiger partial charge in [0.25, 0.3) is 0 Å². The van der Waals surface area contributed by atoms with Gasteiger partial charge in [-0.3, -0.25) is 4.79 Å². The molecule has 0 aromatic carbocycles. The lowest BCUT2D eigenvalue weighted by atomic mass is 9.76. The number of carbonyl (C=O) groups is 2. The molecule has 0 spiro atoms. The number of hydrogen-bond donors (Lipinski definition) is 0. The number of Topliss-reactive ketones (excluding diaryl/α,β-unsaturated/α-hetero) is 1. The third-order valence-electron chi connectivity index (χ3n) is 2.07. The van der Waals surface area contributed by atoms with Gasteiger partial charge in [-0.2, -0.15) is 0 Å². The molecule has 0 aromatic heterocycles. The van der Waals surface area contributed by atoms with Gasteiger partial charge in [0.15, 0.2) is 0 Å². The van der Waals surface area contributed by atoms with Crippen LogP contribution in [0.4, 0.5) is 0 Å². The van der Waals surface area contributed by atoms with E-state index in [1.54, 1.807) is 0 Å². The van der Waals surface area contributed by atoms with Crippen molar-refractivity contribution in [3.05, 3.63) is 0 Å². The normalized spacial score (nSPS) is 15.0. The molecule has 0 aliphatic rings. The second kappa shape index (κ2) is 4.24. The van der Waals surface area contributed by atoms with Crippen LogP contribution >= 0.6 is 0 Å². The fraction of sp³-hybridized carbons (Fsp3) is 0.833. The van der Waals surface area contributed by atoms with Crippen LogP contribution in [0.5, 0.6) is 0 Å². The molecule has 1 unspecified atom stereocenters. The zero-order valence-corrected chi connectivity index (χ0v) is 10.2. The van der Waals surface area contributed by atoms with E-state index < -0.39 is 11.3 Å². The average molecular weight is 198 g/mol. The fourth-order valence-corrected chi connectivity index (χ4v) is 1.42. The Morgan fingerprint density at radius 2 is 1.57 bits per heavy atom. The molecule has 1 atom stereocenters. The molecule has 14 heavy (non-hydrogen) atoms. The van der Waals surface area contributed by atoms with E-state index in [0.717, 1.165) is 6.29 Å². The van der Waals surface area contributed by atoms with Gasteiger partial charge in [0, 0.05) is 5.41 Å². The maximum Gasteiger partial charge on any atom is 0.148 e. The van der Waals surface area contributed by atoms with Crippen molar-refractivity contribution in [1.29, 1.82) is 0 Å². The van der Waals surface area contributed by atoms with Gasteiger partial charge in [-0.1, -0.05) is 41.5 Å². The van der Waals surface area contributed by atoms with Crippen LogP contribution in [-0.2, 0) is 9.59 Å². The Bertz CT molecular complexity index is 215. The third-order valence-corrected chi connectivity index (χ3v) is 2.07. The van der Waals surface area contributed by atoms with Gasteiger partial charge in [0.2, 0.25) is 0 Å². The summed E-state index contributed by atoms with van der Waals surface area (Å²) in [5.74, 6) is -0.405. The summed E-state index contributed by atoms with van der Waals surface area (Å²) in [6, 6.07) is 0. The second-order valence-electron chi connectivity index (χ2n) is 6.12. The molecule has 0 amide bonds. The lowest BCUT2D eigenvalue weighted by molar-refractivity contribution is -0.134. The first kappa shape index (κ1) is 13.3. The van der Waals surface area contributed by atoms with Crippen LogP contribution in [0.25, 0.3) is 0 Å². The summed E-state index contributed by atoms with van der Waals surface area (Å²) in [5.41, 5.74) is -0.399. The first-order valence-corrected chi connectivity index (χ1v) is 5.07. The molecule has 0 radical (unpaired) electrons. The molecule has 0 saturated carbocycles. The van der Waals surface area contributed by atoms with Crippen LogP contribution in [0.2, 0.25) is 0 Å². The predicted octanol–water partition coefficient (Wildman–Crippen LogP) is 2.85. The third kappa shape index (κ3) is 4.54. The Morgan fingerprint density at radius 3 is 1.79 bits per heavy atom. The van der Waals surface area contributed by atoms with Gasteiger partial charge < -0.3 is 4.79 Å². The summed E-state index contributed by atoms with van der Waals surface area (Å²) in [4.78, 5) is 22.7. The van der Waals surface area contributed by atoms with E-state index in [2.05, 4.69) is 0 Å². The first-order valence-electron chi connectivity index (χ1n) is 5.07. The fourth-order valence-electron chi connectivity index (χ4n) is 1.42. The van der Waals surface area contributed by atoms with Gasteiger partial charge in [-0.15, -0.1) is 0 Å². The van der Waals surface area contributed by atoms with Gasteiger partial charge in [-0.25, -0.2) is 0 Å². The van der Waals surface area contributed by atoms with Crippen molar-refractivity contribution in [3.8, 4) is 0 Å². The topological polar surface area (TPSA) is 34.1 Å². The average Bonchev–Trinajstić information content (AvgIpc) is 1.95. The molecule has 82 valence electrons. The molecule has 0 aromatic rings. The number of aldehydes is 1. The highest BCUT2D eigenvalue weighted by Crippen LogP contribution is 2.28. The lowest BCUT2D eigenvalue weighted by Crippen LogP contribution is -2.31. The van der Waals surface area contributed by atoms with Crippen molar-refractivity contribution in [2.45, 2.75) is 48.0 Å². The molecule has 0 saturated heterocycles. The maximum atomic E-state index is 11.8. The Kier molecular flexibility index (Phi) is 4.04. The van der Waals surface area contributed by atoms with Crippen LogP contribution in [0.1, 0.15) is 48.0 Å². The van der Waals surface area contributed by atoms with Gasteiger partial charge >= 0.3 is 0 Å². The molecular formula is C12H22O2. The molecule has 0 rings (SSSR count). The summed E-state index contributed by atoms with van der Waals surface area (Å²) in [6.45, 7) is 11.7. The highest BCUT2D eigenvalue weighted by atomic mass is 16.1. The Labute approximate surface area is 87.1 Å².